The van der Waals surface area contributed by atoms with Gasteiger partial charge in [-0.2, -0.15) is 0 Å². The van der Waals surface area contributed by atoms with Crippen molar-refractivity contribution in [2.24, 2.45) is 5.73 Å². The molecule has 1 fully saturated rings. The van der Waals surface area contributed by atoms with Crippen LogP contribution in [-0.4, -0.2) is 21.6 Å². The van der Waals surface area contributed by atoms with Crippen molar-refractivity contribution < 1.29 is 9.90 Å². The van der Waals surface area contributed by atoms with E-state index in [-0.39, 0.29) is 5.69 Å². The van der Waals surface area contributed by atoms with Crippen LogP contribution < -0.4 is 5.73 Å². The van der Waals surface area contributed by atoms with Gasteiger partial charge >= 0.3 is 0 Å². The fourth-order valence-electron chi connectivity index (χ4n) is 1.48. The summed E-state index contributed by atoms with van der Waals surface area (Å²) in [7, 11) is 0. The fraction of sp³-hybridized carbons (Fsp3) is 0.400. The number of aromatic nitrogens is 1. The largest absolute Gasteiger partial charge is 0.390 e. The Labute approximate surface area is 81.8 Å². The lowest BCUT2D eigenvalue weighted by Crippen LogP contribution is -2.19. The molecule has 0 unspecified atom stereocenters. The maximum Gasteiger partial charge on any atom is 0.267 e. The number of nitrogens with two attached hydrogens (primary N) is 1. The SMILES string of the molecule is NC(=O)c1ncccc1CC1(O)CC1. The van der Waals surface area contributed by atoms with E-state index in [1.165, 1.54) is 6.20 Å². The third kappa shape index (κ3) is 1.75. The minimum Gasteiger partial charge on any atom is -0.390 e. The number of carbonyl (C=O) groups is 1. The molecule has 0 saturated heterocycles. The average molecular weight is 192 g/mol. The second kappa shape index (κ2) is 3.06. The Morgan fingerprint density at radius 2 is 2.36 bits per heavy atom. The monoisotopic (exact) mass is 192 g/mol. The summed E-state index contributed by atoms with van der Waals surface area (Å²) in [5.74, 6) is -0.537. The predicted molar refractivity (Wildman–Crippen MR) is 50.6 cm³/mol. The first-order valence-corrected chi connectivity index (χ1v) is 4.57. The zero-order valence-corrected chi connectivity index (χ0v) is 7.73. The molecule has 1 amide bonds. The van der Waals surface area contributed by atoms with E-state index in [9.17, 15) is 9.90 Å². The third-order valence-electron chi connectivity index (χ3n) is 2.47. The smallest absolute Gasteiger partial charge is 0.267 e. The zero-order chi connectivity index (χ0) is 10.2. The minimum atomic E-state index is -0.618. The Morgan fingerprint density at radius 1 is 1.64 bits per heavy atom. The predicted octanol–water partition coefficient (Wildman–Crippen LogP) is 0.248. The standard InChI is InChI=1S/C10H12N2O2/c11-9(13)8-7(2-1-5-12-8)6-10(14)3-4-10/h1-2,5,14H,3-4,6H2,(H2,11,13). The van der Waals surface area contributed by atoms with Crippen molar-refractivity contribution in [1.82, 2.24) is 4.98 Å². The molecule has 4 nitrogen and oxygen atoms in total. The van der Waals surface area contributed by atoms with Gasteiger partial charge in [-0.1, -0.05) is 6.07 Å². The number of primary amides is 1. The second-order valence-electron chi connectivity index (χ2n) is 3.78. The summed E-state index contributed by atoms with van der Waals surface area (Å²) in [4.78, 5) is 14.9. The molecule has 2 rings (SSSR count). The van der Waals surface area contributed by atoms with Crippen LogP contribution in [-0.2, 0) is 6.42 Å². The maximum atomic E-state index is 11.0. The van der Waals surface area contributed by atoms with Crippen molar-refractivity contribution in [3.63, 3.8) is 0 Å². The molecule has 4 heteroatoms. The van der Waals surface area contributed by atoms with Crippen LogP contribution in [0.15, 0.2) is 18.3 Å². The van der Waals surface area contributed by atoms with Crippen LogP contribution >= 0.6 is 0 Å². The number of aliphatic hydroxyl groups is 1. The number of hydrogen-bond donors (Lipinski definition) is 2. The van der Waals surface area contributed by atoms with Gasteiger partial charge in [-0.25, -0.2) is 0 Å². The maximum absolute atomic E-state index is 11.0. The van der Waals surface area contributed by atoms with Gasteiger partial charge in [-0.15, -0.1) is 0 Å². The molecule has 1 heterocycles. The van der Waals surface area contributed by atoms with Crippen molar-refractivity contribution in [3.8, 4) is 0 Å². The number of nitrogens with zero attached hydrogens (tertiary/aromatic N) is 1. The molecular formula is C10H12N2O2. The first-order chi connectivity index (χ1) is 6.61. The Kier molecular flexibility index (Phi) is 2.00. The number of rotatable bonds is 3. The van der Waals surface area contributed by atoms with Gasteiger partial charge in [0.15, 0.2) is 0 Å². The molecule has 0 aromatic carbocycles. The molecule has 74 valence electrons. The number of amides is 1. The fourth-order valence-corrected chi connectivity index (χ4v) is 1.48. The summed E-state index contributed by atoms with van der Waals surface area (Å²) in [6.07, 6.45) is 3.58. The molecule has 0 aliphatic heterocycles. The van der Waals surface area contributed by atoms with E-state index in [0.717, 1.165) is 18.4 Å². The summed E-state index contributed by atoms with van der Waals surface area (Å²) in [5, 5.41) is 9.71. The molecule has 1 saturated carbocycles. The van der Waals surface area contributed by atoms with E-state index in [0.29, 0.717) is 6.42 Å². The molecule has 0 bridgehead atoms. The van der Waals surface area contributed by atoms with Crippen LogP contribution in [0.25, 0.3) is 0 Å². The molecular weight excluding hydrogens is 180 g/mol. The number of pyridine rings is 1. The molecule has 3 N–H and O–H groups in total. The highest BCUT2D eigenvalue weighted by molar-refractivity contribution is 5.92. The van der Waals surface area contributed by atoms with E-state index >= 15 is 0 Å². The first kappa shape index (κ1) is 9.15. The topological polar surface area (TPSA) is 76.2 Å². The summed E-state index contributed by atoms with van der Waals surface area (Å²) >= 11 is 0. The lowest BCUT2D eigenvalue weighted by Gasteiger charge is -2.09. The molecule has 1 aliphatic rings. The highest BCUT2D eigenvalue weighted by Crippen LogP contribution is 2.38. The molecule has 1 aromatic rings. The highest BCUT2D eigenvalue weighted by atomic mass is 16.3. The van der Waals surface area contributed by atoms with E-state index < -0.39 is 11.5 Å². The van der Waals surface area contributed by atoms with Gasteiger partial charge in [-0.05, 0) is 24.5 Å². The zero-order valence-electron chi connectivity index (χ0n) is 7.73. The van der Waals surface area contributed by atoms with Crippen molar-refractivity contribution in [3.05, 3.63) is 29.6 Å². The molecule has 0 radical (unpaired) electrons. The van der Waals surface area contributed by atoms with Crippen molar-refractivity contribution in [2.45, 2.75) is 24.9 Å². The Bertz CT molecular complexity index is 372. The van der Waals surface area contributed by atoms with Gasteiger partial charge in [0, 0.05) is 12.6 Å². The Balaban J connectivity index is 2.27. The van der Waals surface area contributed by atoms with Crippen LogP contribution in [0.3, 0.4) is 0 Å². The van der Waals surface area contributed by atoms with E-state index in [2.05, 4.69) is 4.98 Å². The molecule has 1 aromatic heterocycles. The van der Waals surface area contributed by atoms with Crippen molar-refractivity contribution >= 4 is 5.91 Å². The lowest BCUT2D eigenvalue weighted by atomic mass is 10.0. The minimum absolute atomic E-state index is 0.271. The lowest BCUT2D eigenvalue weighted by molar-refractivity contribution is 0.0993. The van der Waals surface area contributed by atoms with E-state index in [4.69, 9.17) is 5.73 Å². The van der Waals surface area contributed by atoms with Crippen LogP contribution in [0.5, 0.6) is 0 Å². The van der Waals surface area contributed by atoms with E-state index in [1.54, 1.807) is 12.1 Å². The normalized spacial score (nSPS) is 17.8. The molecule has 1 aliphatic carbocycles. The van der Waals surface area contributed by atoms with Crippen LogP contribution in [0.1, 0.15) is 28.9 Å². The van der Waals surface area contributed by atoms with Crippen LogP contribution in [0.2, 0.25) is 0 Å². The van der Waals surface area contributed by atoms with Crippen LogP contribution in [0.4, 0.5) is 0 Å². The quantitative estimate of drug-likeness (QED) is 0.720. The van der Waals surface area contributed by atoms with Crippen LogP contribution in [0, 0.1) is 0 Å². The Hall–Kier alpha value is -1.42. The molecule has 0 spiro atoms. The van der Waals surface area contributed by atoms with Gasteiger partial charge < -0.3 is 10.8 Å². The van der Waals surface area contributed by atoms with Gasteiger partial charge in [0.1, 0.15) is 5.69 Å². The second-order valence-corrected chi connectivity index (χ2v) is 3.78. The Morgan fingerprint density at radius 3 is 2.93 bits per heavy atom. The molecule has 0 atom stereocenters. The summed E-state index contributed by atoms with van der Waals surface area (Å²) < 4.78 is 0. The van der Waals surface area contributed by atoms with Crippen molar-refractivity contribution in [2.75, 3.05) is 0 Å². The van der Waals surface area contributed by atoms with Gasteiger partial charge in [0.05, 0.1) is 5.60 Å². The average Bonchev–Trinajstić information content (AvgIpc) is 2.84. The number of hydrogen-bond acceptors (Lipinski definition) is 3. The molecule has 14 heavy (non-hydrogen) atoms. The third-order valence-corrected chi connectivity index (χ3v) is 2.47. The highest BCUT2D eigenvalue weighted by Gasteiger charge is 2.40. The summed E-state index contributed by atoms with van der Waals surface area (Å²) in [5.41, 5.74) is 5.56. The summed E-state index contributed by atoms with van der Waals surface area (Å²) in [6, 6.07) is 3.52. The van der Waals surface area contributed by atoms with Gasteiger partial charge in [-0.3, -0.25) is 9.78 Å². The van der Waals surface area contributed by atoms with E-state index in [1.807, 2.05) is 0 Å². The number of carbonyl (C=O) groups excluding carboxylic acids is 1. The van der Waals surface area contributed by atoms with Gasteiger partial charge in [0.25, 0.3) is 5.91 Å². The van der Waals surface area contributed by atoms with Gasteiger partial charge in [0.2, 0.25) is 0 Å². The first-order valence-electron chi connectivity index (χ1n) is 4.57. The summed E-state index contributed by atoms with van der Waals surface area (Å²) in [6.45, 7) is 0. The van der Waals surface area contributed by atoms with Crippen molar-refractivity contribution in [1.29, 1.82) is 0 Å².